The first-order chi connectivity index (χ1) is 9.15. The fraction of sp³-hybridized carbons (Fsp3) is 0.133. The molecule has 2 rings (SSSR count). The Kier molecular flexibility index (Phi) is 4.90. The molecule has 19 heavy (non-hydrogen) atoms. The lowest BCUT2D eigenvalue weighted by molar-refractivity contribution is 0.0954. The van der Waals surface area contributed by atoms with E-state index in [1.165, 1.54) is 12.1 Å². The zero-order valence-electron chi connectivity index (χ0n) is 10.2. The highest BCUT2D eigenvalue weighted by Crippen LogP contribution is 2.07. The monoisotopic (exact) mass is 369 g/mol. The number of hydrogen-bond donors (Lipinski definition) is 1. The summed E-state index contributed by atoms with van der Waals surface area (Å²) in [5.41, 5.74) is 1.66. The van der Waals surface area contributed by atoms with Crippen LogP contribution in [0.25, 0.3) is 0 Å². The van der Waals surface area contributed by atoms with Crippen molar-refractivity contribution in [2.75, 3.05) is 6.54 Å². The van der Waals surface area contributed by atoms with E-state index in [2.05, 4.69) is 27.9 Å². The van der Waals surface area contributed by atoms with Crippen molar-refractivity contribution in [1.82, 2.24) is 5.32 Å². The highest BCUT2D eigenvalue weighted by Gasteiger charge is 2.04. The third kappa shape index (κ3) is 4.31. The summed E-state index contributed by atoms with van der Waals surface area (Å²) in [6.07, 6.45) is 0.691. The largest absolute Gasteiger partial charge is 0.352 e. The molecule has 0 aliphatic carbocycles. The van der Waals surface area contributed by atoms with Crippen molar-refractivity contribution in [3.63, 3.8) is 0 Å². The molecule has 0 spiro atoms. The predicted octanol–water partition coefficient (Wildman–Crippen LogP) is 3.40. The SMILES string of the molecule is O=C(NCCc1ccc(F)cc1)c1ccc(I)cc1. The molecule has 1 amide bonds. The van der Waals surface area contributed by atoms with Crippen molar-refractivity contribution in [3.8, 4) is 0 Å². The molecular formula is C15H13FINO. The molecule has 0 atom stereocenters. The maximum Gasteiger partial charge on any atom is 0.251 e. The summed E-state index contributed by atoms with van der Waals surface area (Å²) in [6, 6.07) is 13.7. The molecule has 2 aromatic rings. The summed E-state index contributed by atoms with van der Waals surface area (Å²) >= 11 is 2.20. The topological polar surface area (TPSA) is 29.1 Å². The van der Waals surface area contributed by atoms with Crippen LogP contribution in [-0.2, 0) is 6.42 Å². The first-order valence-corrected chi connectivity index (χ1v) is 7.01. The van der Waals surface area contributed by atoms with E-state index in [9.17, 15) is 9.18 Å². The lowest BCUT2D eigenvalue weighted by Crippen LogP contribution is -2.25. The Hall–Kier alpha value is -1.43. The van der Waals surface area contributed by atoms with Gasteiger partial charge in [0.15, 0.2) is 0 Å². The minimum absolute atomic E-state index is 0.0847. The molecule has 0 aliphatic heterocycles. The van der Waals surface area contributed by atoms with Crippen molar-refractivity contribution in [2.24, 2.45) is 0 Å². The standard InChI is InChI=1S/C15H13FINO/c16-13-5-1-11(2-6-13)9-10-18-15(19)12-3-7-14(17)8-4-12/h1-8H,9-10H2,(H,18,19). The molecule has 0 unspecified atom stereocenters. The van der Waals surface area contributed by atoms with Gasteiger partial charge in [-0.25, -0.2) is 4.39 Å². The van der Waals surface area contributed by atoms with Crippen LogP contribution >= 0.6 is 22.6 Å². The first kappa shape index (κ1) is 14.0. The summed E-state index contributed by atoms with van der Waals surface area (Å²) in [4.78, 5) is 11.8. The van der Waals surface area contributed by atoms with Crippen molar-refractivity contribution < 1.29 is 9.18 Å². The zero-order chi connectivity index (χ0) is 13.7. The van der Waals surface area contributed by atoms with Crippen LogP contribution in [-0.4, -0.2) is 12.5 Å². The van der Waals surface area contributed by atoms with Crippen LogP contribution in [0.15, 0.2) is 48.5 Å². The molecule has 2 nitrogen and oxygen atoms in total. The van der Waals surface area contributed by atoms with Crippen molar-refractivity contribution >= 4 is 28.5 Å². The van der Waals surface area contributed by atoms with Crippen LogP contribution in [0.1, 0.15) is 15.9 Å². The van der Waals surface area contributed by atoms with E-state index in [-0.39, 0.29) is 11.7 Å². The third-order valence-electron chi connectivity index (χ3n) is 2.72. The molecule has 0 aliphatic rings. The number of benzene rings is 2. The highest BCUT2D eigenvalue weighted by molar-refractivity contribution is 14.1. The average molecular weight is 369 g/mol. The van der Waals surface area contributed by atoms with Crippen LogP contribution in [0.3, 0.4) is 0 Å². The van der Waals surface area contributed by atoms with Crippen LogP contribution in [0.4, 0.5) is 4.39 Å². The van der Waals surface area contributed by atoms with E-state index < -0.39 is 0 Å². The number of amides is 1. The van der Waals surface area contributed by atoms with E-state index in [4.69, 9.17) is 0 Å². The zero-order valence-corrected chi connectivity index (χ0v) is 12.4. The maximum atomic E-state index is 12.7. The molecule has 0 aromatic heterocycles. The molecule has 0 heterocycles. The number of rotatable bonds is 4. The molecule has 98 valence electrons. The quantitative estimate of drug-likeness (QED) is 0.823. The second-order valence-corrected chi connectivity index (χ2v) is 5.38. The average Bonchev–Trinajstić information content (AvgIpc) is 2.41. The third-order valence-corrected chi connectivity index (χ3v) is 3.44. The number of nitrogens with one attached hydrogen (secondary N) is 1. The van der Waals surface area contributed by atoms with Crippen LogP contribution < -0.4 is 5.32 Å². The first-order valence-electron chi connectivity index (χ1n) is 5.93. The predicted molar refractivity (Wildman–Crippen MR) is 81.6 cm³/mol. The molecular weight excluding hydrogens is 356 g/mol. The van der Waals surface area contributed by atoms with Gasteiger partial charge in [0.1, 0.15) is 5.82 Å². The van der Waals surface area contributed by atoms with Gasteiger partial charge < -0.3 is 5.32 Å². The Labute approximate surface area is 125 Å². The van der Waals surface area contributed by atoms with Crippen molar-refractivity contribution in [1.29, 1.82) is 0 Å². The Balaban J connectivity index is 1.84. The number of carbonyl (C=O) groups excluding carboxylic acids is 1. The van der Waals surface area contributed by atoms with Gasteiger partial charge in [-0.1, -0.05) is 12.1 Å². The van der Waals surface area contributed by atoms with Crippen molar-refractivity contribution in [3.05, 3.63) is 69.0 Å². The fourth-order valence-corrected chi connectivity index (χ4v) is 2.03. The smallest absolute Gasteiger partial charge is 0.251 e. The van der Waals surface area contributed by atoms with Gasteiger partial charge in [0, 0.05) is 15.7 Å². The number of hydrogen-bond acceptors (Lipinski definition) is 1. The van der Waals surface area contributed by atoms with Crippen LogP contribution in [0, 0.1) is 9.39 Å². The summed E-state index contributed by atoms with van der Waals surface area (Å²) in [5.74, 6) is -0.329. The van der Waals surface area contributed by atoms with Gasteiger partial charge >= 0.3 is 0 Å². The lowest BCUT2D eigenvalue weighted by atomic mass is 10.1. The lowest BCUT2D eigenvalue weighted by Gasteiger charge is -2.05. The van der Waals surface area contributed by atoms with Gasteiger partial charge in [-0.05, 0) is 71.0 Å². The van der Waals surface area contributed by atoms with Gasteiger partial charge in [0.25, 0.3) is 5.91 Å². The molecule has 1 N–H and O–H groups in total. The summed E-state index contributed by atoms with van der Waals surface area (Å²) < 4.78 is 13.8. The number of halogens is 2. The van der Waals surface area contributed by atoms with Gasteiger partial charge in [-0.15, -0.1) is 0 Å². The highest BCUT2D eigenvalue weighted by atomic mass is 127. The fourth-order valence-electron chi connectivity index (χ4n) is 1.67. The maximum absolute atomic E-state index is 12.7. The van der Waals surface area contributed by atoms with E-state index >= 15 is 0 Å². The van der Waals surface area contributed by atoms with E-state index in [1.807, 2.05) is 12.1 Å². The summed E-state index contributed by atoms with van der Waals surface area (Å²) in [7, 11) is 0. The molecule has 0 fully saturated rings. The van der Waals surface area contributed by atoms with Gasteiger partial charge in [0.2, 0.25) is 0 Å². The Morgan fingerprint density at radius 2 is 1.68 bits per heavy atom. The molecule has 4 heteroatoms. The Morgan fingerprint density at radius 1 is 1.05 bits per heavy atom. The molecule has 0 bridgehead atoms. The van der Waals surface area contributed by atoms with Crippen LogP contribution in [0.5, 0.6) is 0 Å². The Bertz CT molecular complexity index is 551. The van der Waals surface area contributed by atoms with Gasteiger partial charge in [0.05, 0.1) is 0 Å². The molecule has 2 aromatic carbocycles. The molecule has 0 radical (unpaired) electrons. The summed E-state index contributed by atoms with van der Waals surface area (Å²) in [6.45, 7) is 0.538. The van der Waals surface area contributed by atoms with E-state index in [1.54, 1.807) is 24.3 Å². The minimum atomic E-state index is -0.244. The number of carbonyl (C=O) groups is 1. The van der Waals surface area contributed by atoms with Gasteiger partial charge in [-0.2, -0.15) is 0 Å². The summed E-state index contributed by atoms with van der Waals surface area (Å²) in [5, 5.41) is 2.85. The second-order valence-electron chi connectivity index (χ2n) is 4.14. The minimum Gasteiger partial charge on any atom is -0.352 e. The van der Waals surface area contributed by atoms with E-state index in [0.717, 1.165) is 9.13 Å². The van der Waals surface area contributed by atoms with Gasteiger partial charge in [-0.3, -0.25) is 4.79 Å². The van der Waals surface area contributed by atoms with E-state index in [0.29, 0.717) is 18.5 Å². The Morgan fingerprint density at radius 3 is 2.32 bits per heavy atom. The molecule has 0 saturated heterocycles. The normalized spacial score (nSPS) is 10.2. The van der Waals surface area contributed by atoms with Crippen molar-refractivity contribution in [2.45, 2.75) is 6.42 Å². The van der Waals surface area contributed by atoms with Crippen LogP contribution in [0.2, 0.25) is 0 Å². The molecule has 0 saturated carbocycles. The second kappa shape index (κ2) is 6.65.